The predicted octanol–water partition coefficient (Wildman–Crippen LogP) is 0.256. The molecular weight excluding hydrogens is 336 g/mol. The van der Waals surface area contributed by atoms with Gasteiger partial charge in [-0.25, -0.2) is 4.79 Å². The third kappa shape index (κ3) is 2.58. The highest BCUT2D eigenvalue weighted by molar-refractivity contribution is 6.08. The summed E-state index contributed by atoms with van der Waals surface area (Å²) in [6.45, 7) is 5.74. The van der Waals surface area contributed by atoms with Crippen molar-refractivity contribution in [3.8, 4) is 5.75 Å². The van der Waals surface area contributed by atoms with E-state index in [1.165, 1.54) is 4.90 Å². The molecule has 1 aromatic rings. The first-order valence-corrected chi connectivity index (χ1v) is 8.91. The molecule has 1 aromatic carbocycles. The molecule has 0 spiro atoms. The van der Waals surface area contributed by atoms with Gasteiger partial charge in [-0.05, 0) is 38.1 Å². The Bertz CT molecular complexity index is 732. The van der Waals surface area contributed by atoms with Crippen LogP contribution >= 0.6 is 0 Å². The zero-order valence-electron chi connectivity index (χ0n) is 15.5. The lowest BCUT2D eigenvalue weighted by Crippen LogP contribution is -2.97. The van der Waals surface area contributed by atoms with Crippen LogP contribution in [0.1, 0.15) is 32.4 Å². The summed E-state index contributed by atoms with van der Waals surface area (Å²) in [5.41, 5.74) is -0.241. The lowest BCUT2D eigenvalue weighted by Gasteiger charge is -2.25. The van der Waals surface area contributed by atoms with Gasteiger partial charge in [0.2, 0.25) is 17.4 Å². The van der Waals surface area contributed by atoms with Gasteiger partial charge in [-0.2, -0.15) is 0 Å². The van der Waals surface area contributed by atoms with Crippen molar-refractivity contribution in [3.63, 3.8) is 0 Å². The number of likely N-dealkylation sites (tertiary alicyclic amines) is 1. The number of rotatable bonds is 5. The van der Waals surface area contributed by atoms with Crippen LogP contribution in [0, 0.1) is 11.8 Å². The van der Waals surface area contributed by atoms with E-state index in [0.29, 0.717) is 12.3 Å². The molecule has 2 fully saturated rings. The van der Waals surface area contributed by atoms with E-state index >= 15 is 0 Å². The molecule has 26 heavy (non-hydrogen) atoms. The van der Waals surface area contributed by atoms with E-state index in [0.717, 1.165) is 5.56 Å². The number of imide groups is 1. The fourth-order valence-electron chi connectivity index (χ4n) is 4.25. The minimum Gasteiger partial charge on any atom is -0.497 e. The fraction of sp³-hybridized carbons (Fsp3) is 0.526. The third-order valence-corrected chi connectivity index (χ3v) is 5.53. The number of ether oxygens (including phenoxy) is 2. The van der Waals surface area contributed by atoms with Crippen molar-refractivity contribution in [2.45, 2.75) is 32.4 Å². The summed E-state index contributed by atoms with van der Waals surface area (Å²) in [5.74, 6) is -1.55. The Morgan fingerprint density at radius 3 is 2.38 bits per heavy atom. The molecule has 2 aliphatic rings. The SMILES string of the molecule is CCOC(=O)[C@]1(C)[NH2+][C@@H](c2ccc(OC)cc2)[C@H]2C(=O)N(CC)C(=O)[C@@H]21. The zero-order valence-corrected chi connectivity index (χ0v) is 15.5. The minimum atomic E-state index is -1.12. The summed E-state index contributed by atoms with van der Waals surface area (Å²) < 4.78 is 10.4. The summed E-state index contributed by atoms with van der Waals surface area (Å²) in [6.07, 6.45) is 0. The summed E-state index contributed by atoms with van der Waals surface area (Å²) in [4.78, 5) is 39.7. The Morgan fingerprint density at radius 2 is 1.85 bits per heavy atom. The topological polar surface area (TPSA) is 89.5 Å². The summed E-state index contributed by atoms with van der Waals surface area (Å²) >= 11 is 0. The fourth-order valence-corrected chi connectivity index (χ4v) is 4.25. The maximum Gasteiger partial charge on any atom is 0.368 e. The normalized spacial score (nSPS) is 30.5. The van der Waals surface area contributed by atoms with Crippen LogP contribution in [0.15, 0.2) is 24.3 Å². The van der Waals surface area contributed by atoms with E-state index in [2.05, 4.69) is 0 Å². The molecule has 0 bridgehead atoms. The van der Waals surface area contributed by atoms with Gasteiger partial charge in [0, 0.05) is 19.0 Å². The first-order valence-electron chi connectivity index (χ1n) is 8.91. The molecule has 0 unspecified atom stereocenters. The molecule has 3 rings (SSSR count). The van der Waals surface area contributed by atoms with E-state index in [9.17, 15) is 14.4 Å². The molecule has 4 atom stereocenters. The lowest BCUT2D eigenvalue weighted by molar-refractivity contribution is -0.731. The van der Waals surface area contributed by atoms with E-state index in [-0.39, 0.29) is 24.5 Å². The molecule has 2 heterocycles. The Labute approximate surface area is 152 Å². The van der Waals surface area contributed by atoms with Crippen LogP contribution in [0.2, 0.25) is 0 Å². The number of nitrogens with two attached hydrogens (primary N) is 1. The Kier molecular flexibility index (Phi) is 4.75. The third-order valence-electron chi connectivity index (χ3n) is 5.53. The molecule has 0 aliphatic carbocycles. The lowest BCUT2D eigenvalue weighted by atomic mass is 9.80. The van der Waals surface area contributed by atoms with Crippen molar-refractivity contribution in [1.82, 2.24) is 4.90 Å². The van der Waals surface area contributed by atoms with E-state index in [1.54, 1.807) is 27.9 Å². The maximum absolute atomic E-state index is 12.9. The number of carbonyl (C=O) groups excluding carboxylic acids is 3. The van der Waals surface area contributed by atoms with Gasteiger partial charge in [0.15, 0.2) is 0 Å². The second kappa shape index (κ2) is 6.72. The number of methoxy groups -OCH3 is 1. The molecular formula is C19H25N2O5+. The Hall–Kier alpha value is -2.41. The average Bonchev–Trinajstić information content (AvgIpc) is 3.09. The molecule has 140 valence electrons. The number of amides is 2. The van der Waals surface area contributed by atoms with E-state index in [1.807, 2.05) is 29.6 Å². The van der Waals surface area contributed by atoms with Gasteiger partial charge in [0.05, 0.1) is 13.7 Å². The second-order valence-corrected chi connectivity index (χ2v) is 6.89. The largest absolute Gasteiger partial charge is 0.497 e. The highest BCUT2D eigenvalue weighted by atomic mass is 16.5. The van der Waals surface area contributed by atoms with Gasteiger partial charge in [0.1, 0.15) is 23.6 Å². The summed E-state index contributed by atoms with van der Waals surface area (Å²) in [6, 6.07) is 7.06. The van der Waals surface area contributed by atoms with Crippen LogP contribution in [-0.2, 0) is 19.1 Å². The number of esters is 1. The minimum absolute atomic E-state index is 0.215. The number of hydrogen-bond acceptors (Lipinski definition) is 5. The first kappa shape index (κ1) is 18.4. The molecule has 0 aromatic heterocycles. The van der Waals surface area contributed by atoms with Crippen LogP contribution in [-0.4, -0.2) is 48.5 Å². The van der Waals surface area contributed by atoms with Gasteiger partial charge in [-0.1, -0.05) is 0 Å². The second-order valence-electron chi connectivity index (χ2n) is 6.89. The molecule has 2 N–H and O–H groups in total. The highest BCUT2D eigenvalue weighted by Crippen LogP contribution is 2.44. The van der Waals surface area contributed by atoms with Crippen LogP contribution in [0.3, 0.4) is 0 Å². The molecule has 2 amide bonds. The highest BCUT2D eigenvalue weighted by Gasteiger charge is 2.70. The Morgan fingerprint density at radius 1 is 1.19 bits per heavy atom. The molecule has 0 radical (unpaired) electrons. The molecule has 0 saturated carbocycles. The smallest absolute Gasteiger partial charge is 0.368 e. The number of carbonyl (C=O) groups is 3. The van der Waals surface area contributed by atoms with Gasteiger partial charge in [-0.15, -0.1) is 0 Å². The van der Waals surface area contributed by atoms with Gasteiger partial charge in [-0.3, -0.25) is 14.5 Å². The van der Waals surface area contributed by atoms with Gasteiger partial charge < -0.3 is 14.8 Å². The number of quaternary nitrogens is 1. The number of hydrogen-bond donors (Lipinski definition) is 1. The van der Waals surface area contributed by atoms with Gasteiger partial charge >= 0.3 is 5.97 Å². The van der Waals surface area contributed by atoms with Crippen LogP contribution in [0.4, 0.5) is 0 Å². The molecule has 7 nitrogen and oxygen atoms in total. The summed E-state index contributed by atoms with van der Waals surface area (Å²) in [5, 5.41) is 1.82. The number of benzene rings is 1. The molecule has 2 aliphatic heterocycles. The van der Waals surface area contributed by atoms with Crippen molar-refractivity contribution < 1.29 is 29.2 Å². The van der Waals surface area contributed by atoms with E-state index in [4.69, 9.17) is 9.47 Å². The van der Waals surface area contributed by atoms with Crippen molar-refractivity contribution in [1.29, 1.82) is 0 Å². The zero-order chi connectivity index (χ0) is 19.1. The number of nitrogens with zero attached hydrogens (tertiary/aromatic N) is 1. The van der Waals surface area contributed by atoms with E-state index < -0.39 is 23.3 Å². The quantitative estimate of drug-likeness (QED) is 0.600. The van der Waals surface area contributed by atoms with Crippen LogP contribution in [0.5, 0.6) is 5.75 Å². The monoisotopic (exact) mass is 361 g/mol. The molecule has 7 heteroatoms. The number of fused-ring (bicyclic) bond motifs is 1. The average molecular weight is 361 g/mol. The Balaban J connectivity index is 2.04. The van der Waals surface area contributed by atoms with Crippen molar-refractivity contribution in [2.24, 2.45) is 11.8 Å². The maximum atomic E-state index is 12.9. The van der Waals surface area contributed by atoms with Crippen LogP contribution < -0.4 is 10.1 Å². The van der Waals surface area contributed by atoms with Crippen LogP contribution in [0.25, 0.3) is 0 Å². The standard InChI is InChI=1S/C19H24N2O5/c1-5-21-16(22)13-14(17(21)23)19(3,18(24)26-6-2)20-15(13)11-7-9-12(25-4)10-8-11/h7-10,13-15,20H,5-6H2,1-4H3/p+1/t13-,14+,15-,19+/m0/s1. The van der Waals surface area contributed by atoms with Crippen molar-refractivity contribution >= 4 is 17.8 Å². The predicted molar refractivity (Wildman–Crippen MR) is 92.1 cm³/mol. The first-order chi connectivity index (χ1) is 12.4. The van der Waals surface area contributed by atoms with Crippen molar-refractivity contribution in [3.05, 3.63) is 29.8 Å². The van der Waals surface area contributed by atoms with Gasteiger partial charge in [0.25, 0.3) is 0 Å². The summed E-state index contributed by atoms with van der Waals surface area (Å²) in [7, 11) is 1.59. The van der Waals surface area contributed by atoms with Crippen molar-refractivity contribution in [2.75, 3.05) is 20.3 Å². The molecule has 2 saturated heterocycles.